The Kier molecular flexibility index (Phi) is 9.91. The smallest absolute Gasteiger partial charge is 0.317 e. The van der Waals surface area contributed by atoms with Crippen molar-refractivity contribution in [1.82, 2.24) is 15.1 Å². The molecule has 2 aromatic carbocycles. The molecule has 9 heteroatoms. The fraction of sp³-hybridized carbons (Fsp3) is 0.552. The van der Waals surface area contributed by atoms with Crippen LogP contribution in [0.4, 0.5) is 10.5 Å². The molecule has 2 aromatic rings. The average Bonchev–Trinajstić information content (AvgIpc) is 3.40. The second-order valence-electron chi connectivity index (χ2n) is 10.6. The largest absolute Gasteiger partial charge is 0.457 e. The van der Waals surface area contributed by atoms with Crippen molar-refractivity contribution in [3.63, 3.8) is 0 Å². The van der Waals surface area contributed by atoms with Crippen molar-refractivity contribution in [2.24, 2.45) is 0 Å². The zero-order chi connectivity index (χ0) is 27.0. The van der Waals surface area contributed by atoms with Crippen molar-refractivity contribution in [3.05, 3.63) is 54.1 Å². The Balaban J connectivity index is 1.25. The molecule has 1 heterocycles. The number of ether oxygens (including phenoxy) is 1. The lowest BCUT2D eigenvalue weighted by Crippen LogP contribution is -2.52. The Hall–Kier alpha value is -2.78. The van der Waals surface area contributed by atoms with Crippen LogP contribution in [0.1, 0.15) is 63.9 Å². The molecule has 0 radical (unpaired) electrons. The van der Waals surface area contributed by atoms with Gasteiger partial charge in [-0.25, -0.2) is 13.2 Å². The van der Waals surface area contributed by atoms with Gasteiger partial charge in [0.1, 0.15) is 11.5 Å². The van der Waals surface area contributed by atoms with Crippen LogP contribution in [-0.4, -0.2) is 62.2 Å². The van der Waals surface area contributed by atoms with E-state index in [1.54, 1.807) is 24.3 Å². The number of sulfonamides is 1. The maximum absolute atomic E-state index is 13.1. The van der Waals surface area contributed by atoms with Crippen molar-refractivity contribution in [2.75, 3.05) is 30.6 Å². The molecule has 1 aliphatic heterocycles. The average molecular weight is 543 g/mol. The minimum Gasteiger partial charge on any atom is -0.457 e. The number of carbonyl (C=O) groups is 1. The Bertz CT molecular complexity index is 1120. The first-order valence-electron chi connectivity index (χ1n) is 13.9. The standard InChI is InChI=1S/C29H42N4O4S/c1-3-4-19-33(29(34)30-24-7-5-6-8-24)26-17-20-32(21-18-26)22-23-9-13-27(14-10-23)37-28-15-11-25(12-16-28)31-38(2,35)36/h9-16,24,26,31H,3-8,17-22H2,1-2H3,(H,30,34). The van der Waals surface area contributed by atoms with Gasteiger partial charge in [-0.3, -0.25) is 9.62 Å². The molecule has 38 heavy (non-hydrogen) atoms. The molecular formula is C29H42N4O4S. The Labute approximate surface area is 227 Å². The Morgan fingerprint density at radius 2 is 1.58 bits per heavy atom. The van der Waals surface area contributed by atoms with Gasteiger partial charge in [0.25, 0.3) is 0 Å². The van der Waals surface area contributed by atoms with Gasteiger partial charge in [-0.05, 0) is 74.1 Å². The highest BCUT2D eigenvalue weighted by molar-refractivity contribution is 7.92. The van der Waals surface area contributed by atoms with Crippen molar-refractivity contribution in [3.8, 4) is 11.5 Å². The van der Waals surface area contributed by atoms with E-state index in [0.29, 0.717) is 23.5 Å². The number of likely N-dealkylation sites (tertiary alicyclic amines) is 1. The number of nitrogens with one attached hydrogen (secondary N) is 2. The lowest BCUT2D eigenvalue weighted by Gasteiger charge is -2.39. The van der Waals surface area contributed by atoms with Crippen LogP contribution in [-0.2, 0) is 16.6 Å². The van der Waals surface area contributed by atoms with Crippen molar-refractivity contribution in [2.45, 2.75) is 76.9 Å². The third kappa shape index (κ3) is 8.63. The van der Waals surface area contributed by atoms with Gasteiger partial charge in [0, 0.05) is 44.0 Å². The molecule has 0 unspecified atom stereocenters. The summed E-state index contributed by atoms with van der Waals surface area (Å²) >= 11 is 0. The zero-order valence-electron chi connectivity index (χ0n) is 22.7. The molecule has 1 saturated carbocycles. The molecule has 0 atom stereocenters. The van der Waals surface area contributed by atoms with Gasteiger partial charge in [-0.15, -0.1) is 0 Å². The summed E-state index contributed by atoms with van der Waals surface area (Å²) < 4.78 is 31.1. The van der Waals surface area contributed by atoms with E-state index in [9.17, 15) is 13.2 Å². The monoisotopic (exact) mass is 542 g/mol. The number of rotatable bonds is 11. The summed E-state index contributed by atoms with van der Waals surface area (Å²) in [5.74, 6) is 1.37. The number of piperidine rings is 1. The minimum absolute atomic E-state index is 0.140. The molecule has 0 spiro atoms. The summed E-state index contributed by atoms with van der Waals surface area (Å²) in [5.41, 5.74) is 1.73. The molecule has 0 bridgehead atoms. The Morgan fingerprint density at radius 1 is 0.974 bits per heavy atom. The summed E-state index contributed by atoms with van der Waals surface area (Å²) in [7, 11) is -3.30. The molecule has 4 rings (SSSR count). The van der Waals surface area contributed by atoms with Gasteiger partial charge in [0.2, 0.25) is 10.0 Å². The predicted molar refractivity (Wildman–Crippen MR) is 152 cm³/mol. The molecule has 2 aliphatic rings. The van der Waals surface area contributed by atoms with Gasteiger partial charge >= 0.3 is 6.03 Å². The number of hydrogen-bond donors (Lipinski definition) is 2. The van der Waals surface area contributed by atoms with Crippen LogP contribution in [0, 0.1) is 0 Å². The summed E-state index contributed by atoms with van der Waals surface area (Å²) in [4.78, 5) is 17.7. The first-order chi connectivity index (χ1) is 18.3. The molecule has 2 fully saturated rings. The van der Waals surface area contributed by atoms with Crippen LogP contribution in [0.5, 0.6) is 11.5 Å². The van der Waals surface area contributed by atoms with Crippen molar-refractivity contribution >= 4 is 21.7 Å². The molecule has 8 nitrogen and oxygen atoms in total. The number of carbonyl (C=O) groups excluding carboxylic acids is 1. The normalized spacial score (nSPS) is 17.3. The highest BCUT2D eigenvalue weighted by atomic mass is 32.2. The lowest BCUT2D eigenvalue weighted by molar-refractivity contribution is 0.114. The number of hydrogen-bond acceptors (Lipinski definition) is 5. The summed E-state index contributed by atoms with van der Waals surface area (Å²) in [6, 6.07) is 15.7. The molecule has 0 aromatic heterocycles. The van der Waals surface area contributed by atoms with E-state index in [4.69, 9.17) is 4.74 Å². The second-order valence-corrected chi connectivity index (χ2v) is 12.4. The SMILES string of the molecule is CCCCN(C(=O)NC1CCCC1)C1CCN(Cc2ccc(Oc3ccc(NS(C)(=O)=O)cc3)cc2)CC1. The third-order valence-electron chi connectivity index (χ3n) is 7.42. The minimum atomic E-state index is -3.30. The molecular weight excluding hydrogens is 500 g/mol. The number of nitrogens with zero attached hydrogens (tertiary/aromatic N) is 2. The highest BCUT2D eigenvalue weighted by Gasteiger charge is 2.29. The number of unbranched alkanes of at least 4 members (excludes halogenated alkanes) is 1. The third-order valence-corrected chi connectivity index (χ3v) is 8.02. The molecule has 1 aliphatic carbocycles. The molecule has 208 valence electrons. The predicted octanol–water partition coefficient (Wildman–Crippen LogP) is 5.57. The first-order valence-corrected chi connectivity index (χ1v) is 15.8. The highest BCUT2D eigenvalue weighted by Crippen LogP contribution is 2.25. The molecule has 1 saturated heterocycles. The van der Waals surface area contributed by atoms with E-state index in [1.165, 1.54) is 18.4 Å². The van der Waals surface area contributed by atoms with Gasteiger partial charge in [-0.1, -0.05) is 38.3 Å². The summed E-state index contributed by atoms with van der Waals surface area (Å²) in [6.07, 6.45) is 9.97. The van der Waals surface area contributed by atoms with Crippen molar-refractivity contribution < 1.29 is 17.9 Å². The zero-order valence-corrected chi connectivity index (χ0v) is 23.5. The fourth-order valence-corrected chi connectivity index (χ4v) is 5.92. The van der Waals surface area contributed by atoms with Crippen LogP contribution < -0.4 is 14.8 Å². The van der Waals surface area contributed by atoms with Crippen LogP contribution >= 0.6 is 0 Å². The van der Waals surface area contributed by atoms with E-state index in [-0.39, 0.29) is 6.03 Å². The Morgan fingerprint density at radius 3 is 2.16 bits per heavy atom. The fourth-order valence-electron chi connectivity index (χ4n) is 5.36. The topological polar surface area (TPSA) is 91.0 Å². The molecule has 2 amide bonds. The van der Waals surface area contributed by atoms with Gasteiger partial charge in [0.05, 0.1) is 6.26 Å². The first kappa shape index (κ1) is 28.2. The van der Waals surface area contributed by atoms with E-state index >= 15 is 0 Å². The van der Waals surface area contributed by atoms with Crippen LogP contribution in [0.25, 0.3) is 0 Å². The number of amides is 2. The van der Waals surface area contributed by atoms with E-state index < -0.39 is 10.0 Å². The van der Waals surface area contributed by atoms with E-state index in [0.717, 1.165) is 76.7 Å². The van der Waals surface area contributed by atoms with Crippen LogP contribution in [0.2, 0.25) is 0 Å². The van der Waals surface area contributed by atoms with E-state index in [1.807, 2.05) is 12.1 Å². The van der Waals surface area contributed by atoms with Crippen LogP contribution in [0.15, 0.2) is 48.5 Å². The van der Waals surface area contributed by atoms with Gasteiger partial charge in [-0.2, -0.15) is 0 Å². The number of urea groups is 1. The molecule has 2 N–H and O–H groups in total. The van der Waals surface area contributed by atoms with Crippen LogP contribution in [0.3, 0.4) is 0 Å². The lowest BCUT2D eigenvalue weighted by atomic mass is 10.0. The summed E-state index contributed by atoms with van der Waals surface area (Å²) in [6.45, 7) is 5.87. The van der Waals surface area contributed by atoms with Gasteiger partial charge < -0.3 is 15.0 Å². The maximum Gasteiger partial charge on any atom is 0.317 e. The maximum atomic E-state index is 13.1. The van der Waals surface area contributed by atoms with Gasteiger partial charge in [0.15, 0.2) is 0 Å². The van der Waals surface area contributed by atoms with Crippen molar-refractivity contribution in [1.29, 1.82) is 0 Å². The second kappa shape index (κ2) is 13.3. The summed E-state index contributed by atoms with van der Waals surface area (Å²) in [5, 5.41) is 3.30. The number of benzene rings is 2. The quantitative estimate of drug-likeness (QED) is 0.387. The van der Waals surface area contributed by atoms with E-state index in [2.05, 4.69) is 38.9 Å². The number of anilines is 1.